The molecular weight excluding hydrogens is 350 g/mol. The van der Waals surface area contributed by atoms with Crippen LogP contribution in [-0.2, 0) is 6.61 Å². The standard InChI is InChI=1S/C22H29N5O.H2/c1-13(2)8-16-11-15(5-6-18(16)23)19-9-14(12-28)10-20(25-19)21-17-4-3-7-24-22(17)27-26-21;/h3-4,7,9-10,13,15-16,18,28H,5-6,8,11-12,23H2,1-2H3,(H,24,26,27);1H. The Bertz CT molecular complexity index is 957. The molecule has 3 aromatic rings. The number of nitrogens with two attached hydrogens (primary N) is 1. The number of hydrogen-bond donors (Lipinski definition) is 3. The van der Waals surface area contributed by atoms with Crippen LogP contribution in [0.15, 0.2) is 30.5 Å². The number of aliphatic hydroxyl groups is 1. The van der Waals surface area contributed by atoms with Crippen molar-refractivity contribution in [3.63, 3.8) is 0 Å². The summed E-state index contributed by atoms with van der Waals surface area (Å²) in [7, 11) is 0. The number of hydrogen-bond acceptors (Lipinski definition) is 5. The number of nitrogens with one attached hydrogen (secondary N) is 1. The van der Waals surface area contributed by atoms with Crippen LogP contribution in [0.2, 0.25) is 0 Å². The van der Waals surface area contributed by atoms with Crippen molar-refractivity contribution in [2.24, 2.45) is 17.6 Å². The van der Waals surface area contributed by atoms with Gasteiger partial charge in [0.25, 0.3) is 0 Å². The van der Waals surface area contributed by atoms with Crippen LogP contribution in [-0.4, -0.2) is 31.3 Å². The van der Waals surface area contributed by atoms with Crippen molar-refractivity contribution in [3.05, 3.63) is 41.7 Å². The Morgan fingerprint density at radius 2 is 2.18 bits per heavy atom. The number of pyridine rings is 2. The van der Waals surface area contributed by atoms with Crippen molar-refractivity contribution in [2.75, 3.05) is 0 Å². The highest BCUT2D eigenvalue weighted by molar-refractivity contribution is 5.89. The maximum atomic E-state index is 9.82. The lowest BCUT2D eigenvalue weighted by molar-refractivity contribution is 0.240. The zero-order valence-electron chi connectivity index (χ0n) is 16.6. The maximum absolute atomic E-state index is 9.82. The smallest absolute Gasteiger partial charge is 0.181 e. The van der Waals surface area contributed by atoms with Crippen LogP contribution in [0.1, 0.15) is 58.1 Å². The van der Waals surface area contributed by atoms with E-state index in [9.17, 15) is 5.11 Å². The van der Waals surface area contributed by atoms with Crippen molar-refractivity contribution in [1.29, 1.82) is 0 Å². The van der Waals surface area contributed by atoms with Gasteiger partial charge in [0.2, 0.25) is 0 Å². The van der Waals surface area contributed by atoms with E-state index in [0.29, 0.717) is 23.4 Å². The summed E-state index contributed by atoms with van der Waals surface area (Å²) in [6.45, 7) is 4.52. The number of H-pyrrole nitrogens is 1. The lowest BCUT2D eigenvalue weighted by atomic mass is 9.73. The minimum Gasteiger partial charge on any atom is -0.392 e. The molecule has 1 aliphatic rings. The van der Waals surface area contributed by atoms with Crippen molar-refractivity contribution in [1.82, 2.24) is 20.2 Å². The van der Waals surface area contributed by atoms with Crippen molar-refractivity contribution in [2.45, 2.75) is 58.1 Å². The van der Waals surface area contributed by atoms with Gasteiger partial charge in [-0.3, -0.25) is 10.1 Å². The van der Waals surface area contributed by atoms with Crippen LogP contribution < -0.4 is 5.73 Å². The largest absolute Gasteiger partial charge is 0.392 e. The monoisotopic (exact) mass is 381 g/mol. The Morgan fingerprint density at radius 1 is 1.32 bits per heavy atom. The molecule has 150 valence electrons. The van der Waals surface area contributed by atoms with Crippen LogP contribution >= 0.6 is 0 Å². The van der Waals surface area contributed by atoms with Gasteiger partial charge in [0, 0.05) is 30.7 Å². The highest BCUT2D eigenvalue weighted by atomic mass is 16.3. The number of nitrogens with zero attached hydrogens (tertiary/aromatic N) is 3. The van der Waals surface area contributed by atoms with Gasteiger partial charge in [-0.25, -0.2) is 4.98 Å². The number of rotatable bonds is 5. The molecule has 4 N–H and O–H groups in total. The Morgan fingerprint density at radius 3 is 2.96 bits per heavy atom. The highest BCUT2D eigenvalue weighted by Gasteiger charge is 2.30. The van der Waals surface area contributed by atoms with Gasteiger partial charge in [-0.1, -0.05) is 13.8 Å². The zero-order chi connectivity index (χ0) is 19.7. The maximum Gasteiger partial charge on any atom is 0.181 e. The molecule has 3 unspecified atom stereocenters. The number of aliphatic hydroxyl groups excluding tert-OH is 1. The second-order valence-corrected chi connectivity index (χ2v) is 8.48. The third-order valence-electron chi connectivity index (χ3n) is 5.91. The van der Waals surface area contributed by atoms with Gasteiger partial charge in [-0.2, -0.15) is 5.10 Å². The Hall–Kier alpha value is -2.31. The summed E-state index contributed by atoms with van der Waals surface area (Å²) in [5.41, 5.74) is 10.7. The topological polar surface area (TPSA) is 101 Å². The molecule has 6 heteroatoms. The van der Waals surface area contributed by atoms with Crippen molar-refractivity contribution < 1.29 is 6.53 Å². The van der Waals surface area contributed by atoms with Crippen molar-refractivity contribution >= 4 is 11.0 Å². The Balaban J connectivity index is 0.00000240. The van der Waals surface area contributed by atoms with Gasteiger partial charge in [0.15, 0.2) is 5.65 Å². The van der Waals surface area contributed by atoms with Gasteiger partial charge < -0.3 is 10.8 Å². The predicted octanol–water partition coefficient (Wildman–Crippen LogP) is 4.02. The summed E-state index contributed by atoms with van der Waals surface area (Å²) in [5, 5.41) is 18.1. The van der Waals surface area contributed by atoms with E-state index in [0.717, 1.165) is 53.7 Å². The summed E-state index contributed by atoms with van der Waals surface area (Å²) in [6, 6.07) is 8.16. The fourth-order valence-corrected chi connectivity index (χ4v) is 4.52. The molecule has 0 radical (unpaired) electrons. The lowest BCUT2D eigenvalue weighted by Gasteiger charge is -2.35. The molecule has 1 fully saturated rings. The number of fused-ring (bicyclic) bond motifs is 1. The molecule has 3 heterocycles. The molecule has 6 nitrogen and oxygen atoms in total. The Labute approximate surface area is 167 Å². The third-order valence-corrected chi connectivity index (χ3v) is 5.91. The molecule has 4 rings (SSSR count). The van der Waals surface area contributed by atoms with Gasteiger partial charge in [-0.05, 0) is 67.3 Å². The van der Waals surface area contributed by atoms with Gasteiger partial charge in [-0.15, -0.1) is 0 Å². The third kappa shape index (κ3) is 3.80. The second kappa shape index (κ2) is 7.97. The second-order valence-electron chi connectivity index (χ2n) is 8.48. The van der Waals surface area contributed by atoms with Crippen LogP contribution in [0, 0.1) is 11.8 Å². The zero-order valence-corrected chi connectivity index (χ0v) is 16.6. The molecular formula is C22H31N5O. The summed E-state index contributed by atoms with van der Waals surface area (Å²) < 4.78 is 0. The van der Waals surface area contributed by atoms with E-state index in [1.807, 2.05) is 24.3 Å². The number of aromatic nitrogens is 4. The van der Waals surface area contributed by atoms with Gasteiger partial charge in [0.1, 0.15) is 0 Å². The quantitative estimate of drug-likeness (QED) is 0.620. The molecule has 0 saturated heterocycles. The highest BCUT2D eigenvalue weighted by Crippen LogP contribution is 2.39. The molecule has 1 aliphatic carbocycles. The molecule has 0 spiro atoms. The van der Waals surface area contributed by atoms with Gasteiger partial charge in [0.05, 0.1) is 18.0 Å². The first kappa shape index (κ1) is 19.0. The van der Waals surface area contributed by atoms with E-state index < -0.39 is 0 Å². The molecule has 3 aromatic heterocycles. The first-order valence-electron chi connectivity index (χ1n) is 10.2. The molecule has 0 amide bonds. The molecule has 1 saturated carbocycles. The van der Waals surface area contributed by atoms with E-state index in [-0.39, 0.29) is 14.1 Å². The molecule has 28 heavy (non-hydrogen) atoms. The number of aromatic amines is 1. The van der Waals surface area contributed by atoms with E-state index >= 15 is 0 Å². The molecule has 0 aliphatic heterocycles. The van der Waals surface area contributed by atoms with Gasteiger partial charge >= 0.3 is 0 Å². The average Bonchev–Trinajstić information content (AvgIpc) is 3.13. The normalized spacial score (nSPS) is 22.8. The van der Waals surface area contributed by atoms with E-state index in [1.54, 1.807) is 6.20 Å². The predicted molar refractivity (Wildman–Crippen MR) is 113 cm³/mol. The van der Waals surface area contributed by atoms with Crippen LogP contribution in [0.25, 0.3) is 22.4 Å². The molecule has 3 atom stereocenters. The molecule has 0 aromatic carbocycles. The first-order valence-corrected chi connectivity index (χ1v) is 10.2. The minimum absolute atomic E-state index is 0. The average molecular weight is 382 g/mol. The van der Waals surface area contributed by atoms with E-state index in [2.05, 4.69) is 29.0 Å². The lowest BCUT2D eigenvalue weighted by Crippen LogP contribution is -2.36. The fourth-order valence-electron chi connectivity index (χ4n) is 4.52. The van der Waals surface area contributed by atoms with Crippen molar-refractivity contribution in [3.8, 4) is 11.4 Å². The van der Waals surface area contributed by atoms with E-state index in [4.69, 9.17) is 10.7 Å². The summed E-state index contributed by atoms with van der Waals surface area (Å²) in [6.07, 6.45) is 6.02. The molecule has 0 bridgehead atoms. The Kier molecular flexibility index (Phi) is 5.42. The van der Waals surface area contributed by atoms with Crippen LogP contribution in [0.3, 0.4) is 0 Å². The van der Waals surface area contributed by atoms with Crippen LogP contribution in [0.5, 0.6) is 0 Å². The first-order chi connectivity index (χ1) is 13.5. The fraction of sp³-hybridized carbons (Fsp3) is 0.500. The summed E-state index contributed by atoms with van der Waals surface area (Å²) in [4.78, 5) is 9.28. The van der Waals surface area contributed by atoms with Crippen LogP contribution in [0.4, 0.5) is 0 Å². The SMILES string of the molecule is CC(C)CC1CC(c2cc(CO)cc(-c3[nH]nc4ncccc34)n2)CCC1N.[HH]. The minimum atomic E-state index is -0.00546. The summed E-state index contributed by atoms with van der Waals surface area (Å²) >= 11 is 0. The van der Waals surface area contributed by atoms with E-state index in [1.165, 1.54) is 0 Å². The summed E-state index contributed by atoms with van der Waals surface area (Å²) in [5.74, 6) is 1.55.